The molecular formula is C13H12F3NO2. The fourth-order valence-corrected chi connectivity index (χ4v) is 1.54. The van der Waals surface area contributed by atoms with Crippen molar-refractivity contribution in [1.29, 1.82) is 0 Å². The third-order valence-corrected chi connectivity index (χ3v) is 2.74. The monoisotopic (exact) mass is 271 g/mol. The van der Waals surface area contributed by atoms with Crippen molar-refractivity contribution in [3.05, 3.63) is 41.8 Å². The molecule has 0 fully saturated rings. The molecule has 1 heterocycles. The Balaban J connectivity index is 2.25. The first-order valence-corrected chi connectivity index (χ1v) is 5.66. The molecule has 0 aliphatic heterocycles. The van der Waals surface area contributed by atoms with Crippen molar-refractivity contribution in [3.8, 4) is 11.5 Å². The number of nitrogens with zero attached hydrogens (tertiary/aromatic N) is 1. The second kappa shape index (κ2) is 5.05. The van der Waals surface area contributed by atoms with Gasteiger partial charge < -0.3 is 9.52 Å². The van der Waals surface area contributed by atoms with Gasteiger partial charge in [0.1, 0.15) is 5.76 Å². The van der Waals surface area contributed by atoms with Crippen molar-refractivity contribution in [2.75, 3.05) is 6.61 Å². The van der Waals surface area contributed by atoms with Crippen LogP contribution in [0, 0.1) is 0 Å². The highest BCUT2D eigenvalue weighted by molar-refractivity contribution is 5.53. The number of alkyl halides is 3. The maximum absolute atomic E-state index is 12.4. The van der Waals surface area contributed by atoms with Crippen LogP contribution in [0.25, 0.3) is 11.5 Å². The summed E-state index contributed by atoms with van der Waals surface area (Å²) in [5.74, 6) is 0.539. The maximum atomic E-state index is 12.4. The molecule has 102 valence electrons. The number of oxazole rings is 1. The lowest BCUT2D eigenvalue weighted by Crippen LogP contribution is -2.03. The zero-order chi connectivity index (χ0) is 14.0. The summed E-state index contributed by atoms with van der Waals surface area (Å²) in [6.45, 7) is 1.68. The zero-order valence-corrected chi connectivity index (χ0v) is 10.1. The van der Waals surface area contributed by atoms with Crippen LogP contribution in [0.4, 0.5) is 13.2 Å². The lowest BCUT2D eigenvalue weighted by Gasteiger charge is -2.06. The molecule has 2 aromatic rings. The molecule has 1 atom stereocenters. The van der Waals surface area contributed by atoms with E-state index < -0.39 is 11.7 Å². The second-order valence-corrected chi connectivity index (χ2v) is 4.23. The van der Waals surface area contributed by atoms with E-state index in [0.29, 0.717) is 11.3 Å². The molecular weight excluding hydrogens is 259 g/mol. The van der Waals surface area contributed by atoms with Crippen molar-refractivity contribution < 1.29 is 22.7 Å². The largest absolute Gasteiger partial charge is 0.441 e. The molecule has 0 amide bonds. The maximum Gasteiger partial charge on any atom is 0.416 e. The first-order chi connectivity index (χ1) is 8.91. The fraction of sp³-hybridized carbons (Fsp3) is 0.308. The average molecular weight is 271 g/mol. The first-order valence-electron chi connectivity index (χ1n) is 5.66. The van der Waals surface area contributed by atoms with Crippen LogP contribution in [-0.4, -0.2) is 16.7 Å². The van der Waals surface area contributed by atoms with Gasteiger partial charge in [-0.15, -0.1) is 0 Å². The van der Waals surface area contributed by atoms with Crippen molar-refractivity contribution >= 4 is 0 Å². The number of benzene rings is 1. The van der Waals surface area contributed by atoms with Gasteiger partial charge in [0.15, 0.2) is 0 Å². The molecule has 19 heavy (non-hydrogen) atoms. The molecule has 1 unspecified atom stereocenters. The Labute approximate surface area is 107 Å². The van der Waals surface area contributed by atoms with Crippen LogP contribution in [0.5, 0.6) is 0 Å². The number of aliphatic hydroxyl groups excluding tert-OH is 1. The SMILES string of the molecule is CC(CO)c1cnc(-c2ccc(C(F)(F)F)cc2)o1. The quantitative estimate of drug-likeness (QED) is 0.929. The smallest absolute Gasteiger partial charge is 0.416 e. The normalized spacial score (nSPS) is 13.5. The second-order valence-electron chi connectivity index (χ2n) is 4.23. The Kier molecular flexibility index (Phi) is 3.61. The first kappa shape index (κ1) is 13.6. The molecule has 3 nitrogen and oxygen atoms in total. The summed E-state index contributed by atoms with van der Waals surface area (Å²) in [7, 11) is 0. The van der Waals surface area contributed by atoms with Crippen LogP contribution in [0.15, 0.2) is 34.9 Å². The molecule has 1 aromatic heterocycles. The van der Waals surface area contributed by atoms with E-state index in [4.69, 9.17) is 9.52 Å². The van der Waals surface area contributed by atoms with Gasteiger partial charge >= 0.3 is 6.18 Å². The molecule has 0 saturated heterocycles. The summed E-state index contributed by atoms with van der Waals surface area (Å²) in [5.41, 5.74) is -0.254. The third-order valence-electron chi connectivity index (χ3n) is 2.74. The molecule has 1 N–H and O–H groups in total. The predicted octanol–water partition coefficient (Wildman–Crippen LogP) is 3.46. The van der Waals surface area contributed by atoms with Gasteiger partial charge in [0, 0.05) is 11.5 Å². The van der Waals surface area contributed by atoms with E-state index in [1.807, 2.05) is 0 Å². The fourth-order valence-electron chi connectivity index (χ4n) is 1.54. The summed E-state index contributed by atoms with van der Waals surface area (Å²) >= 11 is 0. The van der Waals surface area contributed by atoms with Gasteiger partial charge in [0.2, 0.25) is 5.89 Å². The molecule has 0 aliphatic carbocycles. The molecule has 1 aromatic carbocycles. The Morgan fingerprint density at radius 1 is 1.26 bits per heavy atom. The molecule has 2 rings (SSSR count). The van der Waals surface area contributed by atoms with Gasteiger partial charge in [-0.05, 0) is 24.3 Å². The standard InChI is InChI=1S/C13H12F3NO2/c1-8(7-18)11-6-17-12(19-11)9-2-4-10(5-3-9)13(14,15)16/h2-6,8,18H,7H2,1H3. The van der Waals surface area contributed by atoms with Gasteiger partial charge in [-0.25, -0.2) is 4.98 Å². The Morgan fingerprint density at radius 3 is 2.42 bits per heavy atom. The lowest BCUT2D eigenvalue weighted by atomic mass is 10.1. The van der Waals surface area contributed by atoms with Gasteiger partial charge in [-0.3, -0.25) is 0 Å². The molecule has 0 radical (unpaired) electrons. The molecule has 6 heteroatoms. The number of hydrogen-bond donors (Lipinski definition) is 1. The molecule has 0 aliphatic rings. The van der Waals surface area contributed by atoms with Crippen molar-refractivity contribution in [2.45, 2.75) is 19.0 Å². The predicted molar refractivity (Wildman–Crippen MR) is 62.4 cm³/mol. The summed E-state index contributed by atoms with van der Waals surface area (Å²) in [6.07, 6.45) is -2.89. The van der Waals surface area contributed by atoms with Crippen molar-refractivity contribution in [3.63, 3.8) is 0 Å². The van der Waals surface area contributed by atoms with E-state index in [0.717, 1.165) is 12.1 Å². The highest BCUT2D eigenvalue weighted by Gasteiger charge is 2.30. The van der Waals surface area contributed by atoms with Crippen LogP contribution in [0.3, 0.4) is 0 Å². The Hall–Kier alpha value is -1.82. The van der Waals surface area contributed by atoms with Gasteiger partial charge in [0.05, 0.1) is 18.4 Å². The number of halogens is 3. The van der Waals surface area contributed by atoms with E-state index in [1.54, 1.807) is 6.92 Å². The number of aromatic nitrogens is 1. The molecule has 0 saturated carbocycles. The van der Waals surface area contributed by atoms with Crippen LogP contribution < -0.4 is 0 Å². The number of hydrogen-bond acceptors (Lipinski definition) is 3. The minimum Gasteiger partial charge on any atom is -0.441 e. The number of aliphatic hydroxyl groups is 1. The average Bonchev–Trinajstić information content (AvgIpc) is 2.86. The van der Waals surface area contributed by atoms with Crippen LogP contribution >= 0.6 is 0 Å². The van der Waals surface area contributed by atoms with Crippen molar-refractivity contribution in [1.82, 2.24) is 4.98 Å². The zero-order valence-electron chi connectivity index (χ0n) is 10.1. The van der Waals surface area contributed by atoms with Crippen molar-refractivity contribution in [2.24, 2.45) is 0 Å². The number of rotatable bonds is 3. The van der Waals surface area contributed by atoms with Crippen LogP contribution in [0.1, 0.15) is 24.2 Å². The summed E-state index contributed by atoms with van der Waals surface area (Å²) in [6, 6.07) is 4.58. The van der Waals surface area contributed by atoms with Gasteiger partial charge in [-0.1, -0.05) is 6.92 Å². The topological polar surface area (TPSA) is 46.3 Å². The summed E-state index contributed by atoms with van der Waals surface area (Å²) in [5, 5.41) is 8.98. The van der Waals surface area contributed by atoms with E-state index in [1.165, 1.54) is 18.3 Å². The minimum atomic E-state index is -4.36. The highest BCUT2D eigenvalue weighted by Crippen LogP contribution is 2.31. The third kappa shape index (κ3) is 2.96. The van der Waals surface area contributed by atoms with E-state index >= 15 is 0 Å². The van der Waals surface area contributed by atoms with Crippen LogP contribution in [0.2, 0.25) is 0 Å². The van der Waals surface area contributed by atoms with Crippen LogP contribution in [-0.2, 0) is 6.18 Å². The summed E-state index contributed by atoms with van der Waals surface area (Å²) in [4.78, 5) is 3.99. The Bertz CT molecular complexity index is 546. The minimum absolute atomic E-state index is 0.0817. The highest BCUT2D eigenvalue weighted by atomic mass is 19.4. The van der Waals surface area contributed by atoms with E-state index in [2.05, 4.69) is 4.98 Å². The summed E-state index contributed by atoms with van der Waals surface area (Å²) < 4.78 is 42.6. The van der Waals surface area contributed by atoms with E-state index in [9.17, 15) is 13.2 Å². The molecule has 0 bridgehead atoms. The van der Waals surface area contributed by atoms with Gasteiger partial charge in [0.25, 0.3) is 0 Å². The molecule has 0 spiro atoms. The Morgan fingerprint density at radius 2 is 1.89 bits per heavy atom. The van der Waals surface area contributed by atoms with Gasteiger partial charge in [-0.2, -0.15) is 13.2 Å². The lowest BCUT2D eigenvalue weighted by molar-refractivity contribution is -0.137. The van der Waals surface area contributed by atoms with E-state index in [-0.39, 0.29) is 18.4 Å².